The van der Waals surface area contributed by atoms with Crippen molar-refractivity contribution in [1.82, 2.24) is 4.98 Å². The van der Waals surface area contributed by atoms with E-state index in [4.69, 9.17) is 39.0 Å². The summed E-state index contributed by atoms with van der Waals surface area (Å²) in [5, 5.41) is 0.555. The fraction of sp³-hybridized carbons (Fsp3) is 0.200. The van der Waals surface area contributed by atoms with E-state index in [1.807, 2.05) is 19.1 Å². The van der Waals surface area contributed by atoms with E-state index >= 15 is 0 Å². The molecule has 110 valence electrons. The molecule has 0 aliphatic carbocycles. The molecule has 0 fully saturated rings. The molecule has 1 heterocycles. The van der Waals surface area contributed by atoms with Gasteiger partial charge in [-0.15, -0.1) is 0 Å². The quantitative estimate of drug-likeness (QED) is 0.856. The van der Waals surface area contributed by atoms with E-state index in [0.717, 1.165) is 17.1 Å². The van der Waals surface area contributed by atoms with Crippen LogP contribution in [0.3, 0.4) is 0 Å². The van der Waals surface area contributed by atoms with Crippen LogP contribution in [0.25, 0.3) is 0 Å². The average Bonchev–Trinajstić information content (AvgIpc) is 2.44. The molecule has 0 atom stereocenters. The molecule has 0 aliphatic rings. The second kappa shape index (κ2) is 6.74. The predicted octanol–water partition coefficient (Wildman–Crippen LogP) is 3.27. The number of ether oxygens (including phenoxy) is 2. The molecule has 21 heavy (non-hydrogen) atoms. The van der Waals surface area contributed by atoms with E-state index in [2.05, 4.69) is 4.98 Å². The van der Waals surface area contributed by atoms with E-state index < -0.39 is 0 Å². The topological polar surface area (TPSA) is 57.4 Å². The van der Waals surface area contributed by atoms with Crippen LogP contribution in [0.4, 0.5) is 0 Å². The lowest BCUT2D eigenvalue weighted by atomic mass is 10.2. The number of halogens is 1. The number of benzene rings is 1. The number of nitrogens with zero attached hydrogens (tertiary/aromatic N) is 1. The maximum Gasteiger partial charge on any atom is 0.131 e. The van der Waals surface area contributed by atoms with E-state index in [1.54, 1.807) is 25.3 Å². The molecule has 1 aromatic heterocycles. The van der Waals surface area contributed by atoms with Gasteiger partial charge in [0.25, 0.3) is 0 Å². The molecule has 0 saturated heterocycles. The van der Waals surface area contributed by atoms with Gasteiger partial charge in [0.1, 0.15) is 23.1 Å². The van der Waals surface area contributed by atoms with Crippen LogP contribution in [0.5, 0.6) is 11.5 Å². The van der Waals surface area contributed by atoms with Gasteiger partial charge in [0, 0.05) is 22.8 Å². The molecule has 2 rings (SSSR count). The van der Waals surface area contributed by atoms with Crippen molar-refractivity contribution in [3.8, 4) is 11.5 Å². The maximum absolute atomic E-state index is 5.98. The van der Waals surface area contributed by atoms with Crippen molar-refractivity contribution in [2.45, 2.75) is 13.5 Å². The molecule has 4 nitrogen and oxygen atoms in total. The van der Waals surface area contributed by atoms with Gasteiger partial charge in [-0.3, -0.25) is 4.98 Å². The Morgan fingerprint density at radius 2 is 2.10 bits per heavy atom. The van der Waals surface area contributed by atoms with Gasteiger partial charge >= 0.3 is 0 Å². The molecular weight excluding hydrogens is 308 g/mol. The highest BCUT2D eigenvalue weighted by molar-refractivity contribution is 7.80. The lowest BCUT2D eigenvalue weighted by Gasteiger charge is -2.12. The van der Waals surface area contributed by atoms with Crippen molar-refractivity contribution in [2.24, 2.45) is 5.73 Å². The first-order valence-electron chi connectivity index (χ1n) is 6.23. The van der Waals surface area contributed by atoms with Crippen molar-refractivity contribution in [2.75, 3.05) is 7.11 Å². The zero-order valence-corrected chi connectivity index (χ0v) is 13.3. The first-order chi connectivity index (χ1) is 9.99. The van der Waals surface area contributed by atoms with Crippen LogP contribution in [0.2, 0.25) is 5.02 Å². The SMILES string of the molecule is COc1cc(C)nc(COc2cc(Cl)ccc2C(N)=S)c1. The Labute approximate surface area is 133 Å². The molecule has 0 unspecified atom stereocenters. The molecular formula is C15H15ClN2O2S. The Kier molecular flexibility index (Phi) is 4.98. The molecule has 2 aromatic rings. The molecule has 2 N–H and O–H groups in total. The highest BCUT2D eigenvalue weighted by atomic mass is 35.5. The van der Waals surface area contributed by atoms with Crippen LogP contribution in [-0.4, -0.2) is 17.1 Å². The number of rotatable bonds is 5. The summed E-state index contributed by atoms with van der Waals surface area (Å²) < 4.78 is 11.0. The minimum Gasteiger partial charge on any atom is -0.497 e. The second-order valence-corrected chi connectivity index (χ2v) is 5.31. The molecule has 0 radical (unpaired) electrons. The third-order valence-electron chi connectivity index (χ3n) is 2.80. The van der Waals surface area contributed by atoms with Crippen LogP contribution in [0.1, 0.15) is 17.0 Å². The van der Waals surface area contributed by atoms with Crippen molar-refractivity contribution in [3.05, 3.63) is 52.3 Å². The molecule has 0 amide bonds. The third-order valence-corrected chi connectivity index (χ3v) is 3.26. The Morgan fingerprint density at radius 1 is 1.33 bits per heavy atom. The Balaban J connectivity index is 2.22. The highest BCUT2D eigenvalue weighted by Crippen LogP contribution is 2.24. The monoisotopic (exact) mass is 322 g/mol. The lowest BCUT2D eigenvalue weighted by molar-refractivity contribution is 0.299. The van der Waals surface area contributed by atoms with Gasteiger partial charge in [-0.05, 0) is 25.1 Å². The highest BCUT2D eigenvalue weighted by Gasteiger charge is 2.09. The van der Waals surface area contributed by atoms with Crippen LogP contribution in [0.15, 0.2) is 30.3 Å². The van der Waals surface area contributed by atoms with E-state index in [1.165, 1.54) is 0 Å². The molecule has 6 heteroatoms. The van der Waals surface area contributed by atoms with E-state index in [-0.39, 0.29) is 11.6 Å². The number of pyridine rings is 1. The van der Waals surface area contributed by atoms with Gasteiger partial charge in [0.2, 0.25) is 0 Å². The Morgan fingerprint density at radius 3 is 2.76 bits per heavy atom. The smallest absolute Gasteiger partial charge is 0.131 e. The van der Waals surface area contributed by atoms with Gasteiger partial charge < -0.3 is 15.2 Å². The van der Waals surface area contributed by atoms with Crippen molar-refractivity contribution >= 4 is 28.8 Å². The number of hydrogen-bond donors (Lipinski definition) is 1. The number of aromatic nitrogens is 1. The van der Waals surface area contributed by atoms with Crippen molar-refractivity contribution in [3.63, 3.8) is 0 Å². The largest absolute Gasteiger partial charge is 0.497 e. The molecule has 0 spiro atoms. The number of nitrogens with two attached hydrogens (primary N) is 1. The molecule has 0 aliphatic heterocycles. The minimum atomic E-state index is 0.261. The number of thiocarbonyl (C=S) groups is 1. The summed E-state index contributed by atoms with van der Waals surface area (Å²) in [5.74, 6) is 1.28. The van der Waals surface area contributed by atoms with Crippen LogP contribution in [-0.2, 0) is 6.61 Å². The Hall–Kier alpha value is -1.85. The van der Waals surface area contributed by atoms with Gasteiger partial charge in [0.05, 0.1) is 18.4 Å². The third kappa shape index (κ3) is 4.06. The summed E-state index contributed by atoms with van der Waals surface area (Å²) in [6.45, 7) is 2.17. The first kappa shape index (κ1) is 15.5. The number of hydrogen-bond acceptors (Lipinski definition) is 4. The first-order valence-corrected chi connectivity index (χ1v) is 7.02. The standard InChI is InChI=1S/C15H15ClN2O2S/c1-9-5-12(19-2)7-11(18-9)8-20-14-6-10(16)3-4-13(14)15(17)21/h3-7H,8H2,1-2H3,(H2,17,21). The van der Waals surface area contributed by atoms with Gasteiger partial charge in [0.15, 0.2) is 0 Å². The normalized spacial score (nSPS) is 10.2. The fourth-order valence-corrected chi connectivity index (χ4v) is 2.20. The lowest BCUT2D eigenvalue weighted by Crippen LogP contribution is -2.12. The summed E-state index contributed by atoms with van der Waals surface area (Å²) in [6, 6.07) is 8.81. The van der Waals surface area contributed by atoms with Gasteiger partial charge in [-0.25, -0.2) is 0 Å². The van der Waals surface area contributed by atoms with Crippen LogP contribution < -0.4 is 15.2 Å². The molecule has 0 bridgehead atoms. The summed E-state index contributed by atoms with van der Waals surface area (Å²) in [4.78, 5) is 4.65. The predicted molar refractivity (Wildman–Crippen MR) is 87.2 cm³/mol. The minimum absolute atomic E-state index is 0.261. The van der Waals surface area contributed by atoms with Gasteiger partial charge in [-0.2, -0.15) is 0 Å². The zero-order chi connectivity index (χ0) is 15.4. The summed E-state index contributed by atoms with van der Waals surface area (Å²) in [6.07, 6.45) is 0. The number of methoxy groups -OCH3 is 1. The average molecular weight is 323 g/mol. The molecule has 0 saturated carbocycles. The Bertz CT molecular complexity index is 677. The summed E-state index contributed by atoms with van der Waals surface area (Å²) in [7, 11) is 1.61. The summed E-state index contributed by atoms with van der Waals surface area (Å²) in [5.41, 5.74) is 7.93. The van der Waals surface area contributed by atoms with Crippen molar-refractivity contribution < 1.29 is 9.47 Å². The van der Waals surface area contributed by atoms with E-state index in [9.17, 15) is 0 Å². The maximum atomic E-state index is 5.98. The zero-order valence-electron chi connectivity index (χ0n) is 11.7. The second-order valence-electron chi connectivity index (χ2n) is 4.43. The van der Waals surface area contributed by atoms with Crippen LogP contribution >= 0.6 is 23.8 Å². The fourth-order valence-electron chi connectivity index (χ4n) is 1.87. The van der Waals surface area contributed by atoms with Crippen LogP contribution in [0, 0.1) is 6.92 Å². The van der Waals surface area contributed by atoms with Gasteiger partial charge in [-0.1, -0.05) is 23.8 Å². The number of aryl methyl sites for hydroxylation is 1. The van der Waals surface area contributed by atoms with E-state index in [0.29, 0.717) is 16.3 Å². The van der Waals surface area contributed by atoms with Crippen molar-refractivity contribution in [1.29, 1.82) is 0 Å². The molecule has 1 aromatic carbocycles. The summed E-state index contributed by atoms with van der Waals surface area (Å²) >= 11 is 11.0.